The molecule has 7 aromatic rings. The number of para-hydroxylation sites is 4. The van der Waals surface area contributed by atoms with E-state index >= 15 is 0 Å². The Morgan fingerprint density at radius 3 is 1.36 bits per heavy atom. The summed E-state index contributed by atoms with van der Waals surface area (Å²) in [5.74, 6) is 1.68. The second-order valence-electron chi connectivity index (χ2n) is 12.4. The average Bonchev–Trinajstić information content (AvgIpc) is 3.14. The third-order valence-electron chi connectivity index (χ3n) is 9.99. The molecule has 0 fully saturated rings. The molecule has 220 valence electrons. The summed E-state index contributed by atoms with van der Waals surface area (Å²) >= 11 is 0. The molecule has 0 aromatic heterocycles. The maximum atomic E-state index is 6.49. The molecule has 0 N–H and O–H groups in total. The van der Waals surface area contributed by atoms with Gasteiger partial charge in [0.15, 0.2) is 8.07 Å². The van der Waals surface area contributed by atoms with E-state index in [0.717, 1.165) is 44.9 Å². The smallest absolute Gasteiger partial charge is 0.521 e. The van der Waals surface area contributed by atoms with Crippen molar-refractivity contribution in [2.75, 3.05) is 4.90 Å². The van der Waals surface area contributed by atoms with Gasteiger partial charge in [-0.15, -0.1) is 0 Å². The molecule has 0 saturated heterocycles. The van der Waals surface area contributed by atoms with Gasteiger partial charge in [-0.2, -0.15) is 0 Å². The van der Waals surface area contributed by atoms with E-state index in [9.17, 15) is 0 Å². The van der Waals surface area contributed by atoms with Crippen molar-refractivity contribution >= 4 is 58.5 Å². The summed E-state index contributed by atoms with van der Waals surface area (Å²) < 4.78 is 13.0. The Balaban J connectivity index is 1.30. The summed E-state index contributed by atoms with van der Waals surface area (Å²) in [6.45, 7) is 0. The van der Waals surface area contributed by atoms with Crippen LogP contribution in [0.3, 0.4) is 0 Å². The Hall–Kier alpha value is -5.78. The molecule has 3 heterocycles. The molecule has 0 atom stereocenters. The lowest BCUT2D eigenvalue weighted by atomic mass is 9.66. The summed E-state index contributed by atoms with van der Waals surface area (Å²) in [7, 11) is -3.20. The maximum Gasteiger partial charge on any atom is 0.633 e. The van der Waals surface area contributed by atoms with Crippen LogP contribution < -0.4 is 40.4 Å². The molecule has 3 aliphatic rings. The van der Waals surface area contributed by atoms with Crippen molar-refractivity contribution in [3.05, 3.63) is 170 Å². The normalized spacial score (nSPS) is 14.4. The largest absolute Gasteiger partial charge is 0.633 e. The zero-order chi connectivity index (χ0) is 31.0. The van der Waals surface area contributed by atoms with Gasteiger partial charge in [-0.25, -0.2) is 0 Å². The van der Waals surface area contributed by atoms with Gasteiger partial charge in [-0.1, -0.05) is 133 Å². The van der Waals surface area contributed by atoms with Crippen molar-refractivity contribution in [2.24, 2.45) is 0 Å². The molecule has 0 aliphatic carbocycles. The van der Waals surface area contributed by atoms with Crippen LogP contribution in [0.15, 0.2) is 170 Å². The molecule has 0 amide bonds. The fourth-order valence-electron chi connectivity index (χ4n) is 8.11. The number of anilines is 3. The van der Waals surface area contributed by atoms with Gasteiger partial charge in [0.25, 0.3) is 0 Å². The van der Waals surface area contributed by atoms with Crippen LogP contribution in [0.1, 0.15) is 0 Å². The molecule has 0 saturated carbocycles. The first kappa shape index (κ1) is 26.4. The number of rotatable bonds is 3. The summed E-state index contributed by atoms with van der Waals surface area (Å²) in [5.41, 5.74) is 9.10. The molecule has 0 bridgehead atoms. The topological polar surface area (TPSA) is 21.7 Å². The van der Waals surface area contributed by atoms with Crippen LogP contribution in [-0.4, -0.2) is 15.2 Å². The molecule has 5 heteroatoms. The predicted octanol–water partition coefficient (Wildman–Crippen LogP) is 6.66. The van der Waals surface area contributed by atoms with E-state index in [1.165, 1.54) is 32.1 Å². The maximum absolute atomic E-state index is 6.49. The Labute approximate surface area is 275 Å². The van der Waals surface area contributed by atoms with Crippen LogP contribution >= 0.6 is 0 Å². The summed E-state index contributed by atoms with van der Waals surface area (Å²) in [4.78, 5) is 2.49. The molecule has 3 aliphatic heterocycles. The number of fused-ring (bicyclic) bond motifs is 6. The number of benzene rings is 7. The Kier molecular flexibility index (Phi) is 5.69. The fraction of sp³-hybridized carbons (Fsp3) is 0. The second kappa shape index (κ2) is 10.1. The second-order valence-corrected chi connectivity index (χ2v) is 16.1. The van der Waals surface area contributed by atoms with Crippen LogP contribution in [0.25, 0.3) is 22.3 Å². The van der Waals surface area contributed by atoms with Crippen LogP contribution in [-0.2, 0) is 0 Å². The van der Waals surface area contributed by atoms with Gasteiger partial charge in [0.2, 0.25) is 0 Å². The van der Waals surface area contributed by atoms with Crippen molar-refractivity contribution in [1.82, 2.24) is 0 Å². The van der Waals surface area contributed by atoms with Crippen LogP contribution in [0.5, 0.6) is 11.5 Å². The highest BCUT2D eigenvalue weighted by molar-refractivity contribution is 7.21. The molecular weight excluding hydrogens is 589 g/mol. The van der Waals surface area contributed by atoms with Gasteiger partial charge in [0, 0.05) is 33.7 Å². The lowest BCUT2D eigenvalue weighted by Gasteiger charge is -2.45. The van der Waals surface area contributed by atoms with E-state index in [4.69, 9.17) is 9.31 Å². The lowest BCUT2D eigenvalue weighted by Crippen LogP contribution is -2.77. The zero-order valence-electron chi connectivity index (χ0n) is 25.5. The van der Waals surface area contributed by atoms with Crippen molar-refractivity contribution in [3.63, 3.8) is 0 Å². The van der Waals surface area contributed by atoms with Crippen molar-refractivity contribution in [2.45, 2.75) is 0 Å². The average molecular weight is 618 g/mol. The first-order valence-electron chi connectivity index (χ1n) is 16.1. The molecule has 47 heavy (non-hydrogen) atoms. The third kappa shape index (κ3) is 3.69. The van der Waals surface area contributed by atoms with E-state index in [0.29, 0.717) is 0 Å². The monoisotopic (exact) mass is 617 g/mol. The minimum absolute atomic E-state index is 0.504. The van der Waals surface area contributed by atoms with E-state index in [2.05, 4.69) is 150 Å². The molecular formula is C42H28BNO2Si. The Morgan fingerprint density at radius 2 is 0.851 bits per heavy atom. The van der Waals surface area contributed by atoms with Crippen molar-refractivity contribution in [1.29, 1.82) is 0 Å². The van der Waals surface area contributed by atoms with E-state index in [1.54, 1.807) is 0 Å². The van der Waals surface area contributed by atoms with E-state index < -0.39 is 15.2 Å². The number of nitrogens with zero attached hydrogens (tertiary/aromatic N) is 1. The summed E-state index contributed by atoms with van der Waals surface area (Å²) in [6.07, 6.45) is 0. The standard InChI is InChI=1S/C42H28BNO2Si/c1-3-15-30(16-4-1)47(31-17-5-2-6-18-31)40-25-13-9-21-36(40)44(37-22-10-14-26-41(37)47)29-27-34-32-19-7-11-23-38(32)45-43-42(34)35(28-29)33-20-8-12-24-39(33)46-43/h1-28H. The Morgan fingerprint density at radius 1 is 0.426 bits per heavy atom. The first-order chi connectivity index (χ1) is 23.3. The van der Waals surface area contributed by atoms with Gasteiger partial charge in [-0.3, -0.25) is 0 Å². The Bertz CT molecular complexity index is 2180. The summed E-state index contributed by atoms with van der Waals surface area (Å²) in [6, 6.07) is 61.8. The van der Waals surface area contributed by atoms with Gasteiger partial charge in [0.1, 0.15) is 11.5 Å². The van der Waals surface area contributed by atoms with E-state index in [1.807, 2.05) is 24.3 Å². The van der Waals surface area contributed by atoms with Gasteiger partial charge in [0.05, 0.1) is 0 Å². The van der Waals surface area contributed by atoms with Gasteiger partial charge >= 0.3 is 7.12 Å². The highest BCUT2D eigenvalue weighted by Gasteiger charge is 2.49. The lowest BCUT2D eigenvalue weighted by molar-refractivity contribution is 0.436. The highest BCUT2D eigenvalue weighted by Crippen LogP contribution is 2.46. The van der Waals surface area contributed by atoms with Crippen molar-refractivity contribution < 1.29 is 9.31 Å². The van der Waals surface area contributed by atoms with E-state index in [-0.39, 0.29) is 0 Å². The SMILES string of the molecule is c1ccc([Si]2(c3ccccc3)c3ccccc3N(c3cc4c5c(c3)-c3ccccc3OB5Oc3ccccc3-4)c3ccccc32)cc1. The minimum Gasteiger partial charge on any atom is -0.521 e. The van der Waals surface area contributed by atoms with Crippen molar-refractivity contribution in [3.8, 4) is 33.8 Å². The molecule has 3 nitrogen and oxygen atoms in total. The molecule has 0 unspecified atom stereocenters. The minimum atomic E-state index is -2.70. The van der Waals surface area contributed by atoms with Gasteiger partial charge in [-0.05, 0) is 68.3 Å². The zero-order valence-corrected chi connectivity index (χ0v) is 26.5. The molecule has 0 spiro atoms. The molecule has 0 radical (unpaired) electrons. The predicted molar refractivity (Wildman–Crippen MR) is 196 cm³/mol. The molecule has 7 aromatic carbocycles. The number of hydrogen-bond acceptors (Lipinski definition) is 3. The summed E-state index contributed by atoms with van der Waals surface area (Å²) in [5, 5.41) is 5.53. The highest BCUT2D eigenvalue weighted by atomic mass is 28.3. The van der Waals surface area contributed by atoms with Crippen LogP contribution in [0.4, 0.5) is 17.1 Å². The van der Waals surface area contributed by atoms with Gasteiger partial charge < -0.3 is 14.2 Å². The third-order valence-corrected chi connectivity index (χ3v) is 14.9. The van der Waals surface area contributed by atoms with Crippen LogP contribution in [0.2, 0.25) is 0 Å². The fourth-order valence-corrected chi connectivity index (χ4v) is 13.2. The quantitative estimate of drug-likeness (QED) is 0.207. The molecule has 10 rings (SSSR count). The van der Waals surface area contributed by atoms with Crippen LogP contribution in [0, 0.1) is 0 Å². The number of hydrogen-bond donors (Lipinski definition) is 0. The first-order valence-corrected chi connectivity index (χ1v) is 18.1.